The number of methoxy groups -OCH3 is 2. The van der Waals surface area contributed by atoms with Crippen molar-refractivity contribution in [2.45, 2.75) is 26.5 Å². The molecule has 2 heterocycles. The van der Waals surface area contributed by atoms with E-state index in [1.807, 2.05) is 26.0 Å². The third-order valence-electron chi connectivity index (χ3n) is 5.42. The highest BCUT2D eigenvalue weighted by Crippen LogP contribution is 2.30. The number of benzene rings is 2. The Balaban J connectivity index is 1.66. The predicted octanol–water partition coefficient (Wildman–Crippen LogP) is 3.53. The normalized spacial score (nSPS) is 12.2. The molecule has 0 saturated heterocycles. The maximum absolute atomic E-state index is 13.0. The topological polar surface area (TPSA) is 78.0 Å². The van der Waals surface area contributed by atoms with Gasteiger partial charge >= 0.3 is 0 Å². The van der Waals surface area contributed by atoms with Crippen molar-refractivity contribution >= 4 is 5.52 Å². The van der Waals surface area contributed by atoms with Gasteiger partial charge in [0.05, 0.1) is 32.6 Å². The Morgan fingerprint density at radius 1 is 1.00 bits per heavy atom. The third kappa shape index (κ3) is 3.92. The Morgan fingerprint density at radius 3 is 2.48 bits per heavy atom. The Kier molecular flexibility index (Phi) is 5.52. The molecule has 1 atom stereocenters. The molecule has 7 nitrogen and oxygen atoms in total. The predicted molar refractivity (Wildman–Crippen MR) is 119 cm³/mol. The fraction of sp³-hybridized carbons (Fsp3) is 0.250. The van der Waals surface area contributed by atoms with E-state index in [4.69, 9.17) is 9.47 Å². The molecule has 0 bridgehead atoms. The molecular weight excluding hydrogens is 394 g/mol. The molecule has 0 amide bonds. The summed E-state index contributed by atoms with van der Waals surface area (Å²) < 4.78 is 13.6. The summed E-state index contributed by atoms with van der Waals surface area (Å²) in [5.74, 6) is 1.10. The third-order valence-corrected chi connectivity index (χ3v) is 5.42. The first-order valence-electron chi connectivity index (χ1n) is 9.97. The lowest BCUT2D eigenvalue weighted by atomic mass is 10.0. The maximum atomic E-state index is 13.0. The van der Waals surface area contributed by atoms with Crippen molar-refractivity contribution in [2.75, 3.05) is 14.2 Å². The fourth-order valence-corrected chi connectivity index (χ4v) is 3.75. The number of ether oxygens (including phenoxy) is 2. The van der Waals surface area contributed by atoms with Crippen LogP contribution in [-0.4, -0.2) is 33.5 Å². The number of nitrogens with zero attached hydrogens (tertiary/aromatic N) is 3. The lowest BCUT2D eigenvalue weighted by Crippen LogP contribution is -2.24. The monoisotopic (exact) mass is 419 g/mol. The molecule has 0 unspecified atom stereocenters. The minimum absolute atomic E-state index is 0.106. The van der Waals surface area contributed by atoms with Gasteiger partial charge in [0.2, 0.25) is 0 Å². The second-order valence-corrected chi connectivity index (χ2v) is 7.56. The quantitative estimate of drug-likeness (QED) is 0.517. The molecule has 0 spiro atoms. The number of aliphatic hydroxyl groups is 1. The minimum Gasteiger partial charge on any atom is -0.493 e. The molecule has 0 radical (unpaired) electrons. The standard InChI is InChI=1S/C24H25N3O4/c1-15-5-7-18(16(2)11-15)19-13-20-24(29)26(9-10-27(20)25-19)14-21(28)17-6-8-22(30-3)23(12-17)31-4/h5-13,21,28H,14H2,1-4H3/t21-/m0/s1. The van der Waals surface area contributed by atoms with E-state index >= 15 is 0 Å². The molecule has 0 aliphatic heterocycles. The van der Waals surface area contributed by atoms with E-state index < -0.39 is 6.10 Å². The van der Waals surface area contributed by atoms with Gasteiger partial charge in [0.1, 0.15) is 5.52 Å². The lowest BCUT2D eigenvalue weighted by Gasteiger charge is -2.15. The molecule has 0 fully saturated rings. The zero-order chi connectivity index (χ0) is 22.1. The highest BCUT2D eigenvalue weighted by atomic mass is 16.5. The summed E-state index contributed by atoms with van der Waals surface area (Å²) >= 11 is 0. The number of fused-ring (bicyclic) bond motifs is 1. The van der Waals surface area contributed by atoms with E-state index in [0.717, 1.165) is 16.8 Å². The fourth-order valence-electron chi connectivity index (χ4n) is 3.75. The van der Waals surface area contributed by atoms with Gasteiger partial charge in [-0.1, -0.05) is 29.8 Å². The van der Waals surface area contributed by atoms with Crippen LogP contribution in [0.15, 0.2) is 59.7 Å². The Bertz CT molecular complexity index is 1310. The summed E-state index contributed by atoms with van der Waals surface area (Å²) in [6.07, 6.45) is 2.48. The van der Waals surface area contributed by atoms with Gasteiger partial charge in [-0.2, -0.15) is 5.10 Å². The van der Waals surface area contributed by atoms with Crippen LogP contribution in [0.3, 0.4) is 0 Å². The molecule has 2 aromatic heterocycles. The van der Waals surface area contributed by atoms with Crippen LogP contribution in [0.2, 0.25) is 0 Å². The molecule has 31 heavy (non-hydrogen) atoms. The van der Waals surface area contributed by atoms with Crippen molar-refractivity contribution in [3.05, 3.63) is 81.9 Å². The van der Waals surface area contributed by atoms with Crippen LogP contribution in [0.5, 0.6) is 11.5 Å². The second-order valence-electron chi connectivity index (χ2n) is 7.56. The highest BCUT2D eigenvalue weighted by molar-refractivity contribution is 5.68. The number of rotatable bonds is 6. The highest BCUT2D eigenvalue weighted by Gasteiger charge is 2.15. The van der Waals surface area contributed by atoms with Crippen LogP contribution in [0.4, 0.5) is 0 Å². The van der Waals surface area contributed by atoms with E-state index in [1.54, 1.807) is 55.4 Å². The van der Waals surface area contributed by atoms with Gasteiger partial charge in [-0.3, -0.25) is 4.79 Å². The average Bonchev–Trinajstić information content (AvgIpc) is 3.20. The molecule has 0 saturated carbocycles. The van der Waals surface area contributed by atoms with Crippen molar-refractivity contribution in [3.63, 3.8) is 0 Å². The van der Waals surface area contributed by atoms with Crippen LogP contribution >= 0.6 is 0 Å². The Hall–Kier alpha value is -3.58. The van der Waals surface area contributed by atoms with E-state index in [9.17, 15) is 9.90 Å². The van der Waals surface area contributed by atoms with Crippen LogP contribution in [0.25, 0.3) is 16.8 Å². The zero-order valence-electron chi connectivity index (χ0n) is 18.0. The van der Waals surface area contributed by atoms with Gasteiger partial charge in [-0.05, 0) is 43.2 Å². The number of aryl methyl sites for hydroxylation is 2. The van der Waals surface area contributed by atoms with Gasteiger partial charge in [0.15, 0.2) is 11.5 Å². The smallest absolute Gasteiger partial charge is 0.276 e. The Morgan fingerprint density at radius 2 is 1.77 bits per heavy atom. The first-order chi connectivity index (χ1) is 14.9. The molecule has 2 aromatic carbocycles. The van der Waals surface area contributed by atoms with Crippen LogP contribution in [0.1, 0.15) is 22.8 Å². The first kappa shape index (κ1) is 20.7. The van der Waals surface area contributed by atoms with Crippen LogP contribution in [0, 0.1) is 13.8 Å². The lowest BCUT2D eigenvalue weighted by molar-refractivity contribution is 0.154. The van der Waals surface area contributed by atoms with Gasteiger partial charge in [0.25, 0.3) is 5.56 Å². The average molecular weight is 419 g/mol. The van der Waals surface area contributed by atoms with Crippen molar-refractivity contribution in [1.82, 2.24) is 14.2 Å². The van der Waals surface area contributed by atoms with Crippen LogP contribution in [-0.2, 0) is 6.54 Å². The largest absolute Gasteiger partial charge is 0.493 e. The zero-order valence-corrected chi connectivity index (χ0v) is 18.0. The van der Waals surface area contributed by atoms with E-state index in [1.165, 1.54) is 10.1 Å². The summed E-state index contributed by atoms with van der Waals surface area (Å²) in [6, 6.07) is 13.1. The SMILES string of the molecule is COc1ccc([C@@H](O)Cn2ccn3nc(-c4ccc(C)cc4C)cc3c2=O)cc1OC. The summed E-state index contributed by atoms with van der Waals surface area (Å²) in [6.45, 7) is 4.18. The minimum atomic E-state index is -0.887. The molecule has 4 aromatic rings. The van der Waals surface area contributed by atoms with Gasteiger partial charge in [0, 0.05) is 18.0 Å². The van der Waals surface area contributed by atoms with Crippen molar-refractivity contribution < 1.29 is 14.6 Å². The molecule has 0 aliphatic rings. The molecule has 1 N–H and O–H groups in total. The molecule has 160 valence electrons. The van der Waals surface area contributed by atoms with Crippen molar-refractivity contribution in [2.24, 2.45) is 0 Å². The number of hydrogen-bond donors (Lipinski definition) is 1. The summed E-state index contributed by atoms with van der Waals surface area (Å²) in [7, 11) is 3.10. The summed E-state index contributed by atoms with van der Waals surface area (Å²) in [4.78, 5) is 13.0. The molecule has 4 rings (SSSR count). The molecular formula is C24H25N3O4. The number of aromatic nitrogens is 3. The van der Waals surface area contributed by atoms with Gasteiger partial charge in [-0.15, -0.1) is 0 Å². The van der Waals surface area contributed by atoms with Gasteiger partial charge < -0.3 is 19.1 Å². The molecule has 0 aliphatic carbocycles. The number of hydrogen-bond acceptors (Lipinski definition) is 5. The van der Waals surface area contributed by atoms with E-state index in [-0.39, 0.29) is 12.1 Å². The van der Waals surface area contributed by atoms with E-state index in [0.29, 0.717) is 22.6 Å². The summed E-state index contributed by atoms with van der Waals surface area (Å²) in [5, 5.41) is 15.3. The van der Waals surface area contributed by atoms with Crippen molar-refractivity contribution in [3.8, 4) is 22.8 Å². The van der Waals surface area contributed by atoms with E-state index in [2.05, 4.69) is 11.2 Å². The molecule has 7 heteroatoms. The summed E-state index contributed by atoms with van der Waals surface area (Å²) in [5.41, 5.74) is 4.89. The Labute approximate surface area is 180 Å². The van der Waals surface area contributed by atoms with Crippen molar-refractivity contribution in [1.29, 1.82) is 0 Å². The second kappa shape index (κ2) is 8.28. The van der Waals surface area contributed by atoms with Gasteiger partial charge in [-0.25, -0.2) is 4.52 Å². The number of aliphatic hydroxyl groups excluding tert-OH is 1. The van der Waals surface area contributed by atoms with Crippen LogP contribution < -0.4 is 15.0 Å². The first-order valence-corrected chi connectivity index (χ1v) is 9.97. The maximum Gasteiger partial charge on any atom is 0.276 e.